The molecule has 132 valence electrons. The summed E-state index contributed by atoms with van der Waals surface area (Å²) in [7, 11) is 0. The second-order valence-electron chi connectivity index (χ2n) is 6.17. The van der Waals surface area contributed by atoms with Crippen LogP contribution in [0.5, 0.6) is 0 Å². The van der Waals surface area contributed by atoms with Gasteiger partial charge in [-0.15, -0.1) is 0 Å². The highest BCUT2D eigenvalue weighted by Gasteiger charge is 2.30. The normalized spacial score (nSPS) is 16.3. The van der Waals surface area contributed by atoms with Crippen LogP contribution < -0.4 is 0 Å². The molecule has 1 amide bonds. The first-order valence-corrected chi connectivity index (χ1v) is 8.90. The summed E-state index contributed by atoms with van der Waals surface area (Å²) >= 11 is 6.06. The molecule has 3 rings (SSSR count). The van der Waals surface area contributed by atoms with Gasteiger partial charge in [-0.2, -0.15) is 0 Å². The zero-order valence-corrected chi connectivity index (χ0v) is 14.8. The van der Waals surface area contributed by atoms with E-state index in [2.05, 4.69) is 0 Å². The monoisotopic (exact) mass is 359 g/mol. The zero-order valence-electron chi connectivity index (χ0n) is 14.0. The fourth-order valence-electron chi connectivity index (χ4n) is 3.15. The average molecular weight is 360 g/mol. The molecule has 1 aliphatic rings. The van der Waals surface area contributed by atoms with Crippen LogP contribution in [0.4, 0.5) is 0 Å². The molecule has 0 aromatic heterocycles. The van der Waals surface area contributed by atoms with Crippen LogP contribution in [-0.2, 0) is 22.5 Å². The molecule has 0 saturated carbocycles. The van der Waals surface area contributed by atoms with Crippen LogP contribution in [0.3, 0.4) is 0 Å². The maximum Gasteiger partial charge on any atom is 0.256 e. The first-order valence-electron chi connectivity index (χ1n) is 8.52. The fourth-order valence-corrected chi connectivity index (χ4v) is 3.36. The molecule has 1 heterocycles. The van der Waals surface area contributed by atoms with E-state index in [1.807, 2.05) is 48.5 Å². The van der Waals surface area contributed by atoms with Crippen molar-refractivity contribution in [1.29, 1.82) is 0 Å². The second kappa shape index (κ2) is 8.48. The minimum Gasteiger partial charge on any atom is -0.396 e. The van der Waals surface area contributed by atoms with E-state index in [1.54, 1.807) is 4.90 Å². The van der Waals surface area contributed by atoms with E-state index in [0.717, 1.165) is 23.1 Å². The van der Waals surface area contributed by atoms with Gasteiger partial charge in [-0.25, -0.2) is 0 Å². The molecule has 2 aromatic rings. The summed E-state index contributed by atoms with van der Waals surface area (Å²) in [5.41, 5.74) is 3.07. The van der Waals surface area contributed by atoms with Crippen molar-refractivity contribution in [2.24, 2.45) is 0 Å². The number of hydrogen-bond donors (Lipinski definition) is 1. The van der Waals surface area contributed by atoms with Gasteiger partial charge in [-0.1, -0.05) is 48.0 Å². The lowest BCUT2D eigenvalue weighted by atomic mass is 9.96. The van der Waals surface area contributed by atoms with Gasteiger partial charge >= 0.3 is 0 Å². The smallest absolute Gasteiger partial charge is 0.256 e. The van der Waals surface area contributed by atoms with E-state index < -0.39 is 6.10 Å². The van der Waals surface area contributed by atoms with Crippen molar-refractivity contribution in [3.8, 4) is 0 Å². The minimum absolute atomic E-state index is 0.0431. The summed E-state index contributed by atoms with van der Waals surface area (Å²) in [6.07, 6.45) is 0.772. The van der Waals surface area contributed by atoms with Gasteiger partial charge in [0.25, 0.3) is 5.91 Å². The van der Waals surface area contributed by atoms with E-state index in [0.29, 0.717) is 31.1 Å². The van der Waals surface area contributed by atoms with Crippen LogP contribution in [0, 0.1) is 0 Å². The summed E-state index contributed by atoms with van der Waals surface area (Å²) in [5, 5.41) is 9.83. The van der Waals surface area contributed by atoms with Gasteiger partial charge in [0.05, 0.1) is 6.61 Å². The first kappa shape index (κ1) is 17.9. The van der Waals surface area contributed by atoms with Gasteiger partial charge in [0, 0.05) is 24.7 Å². The SMILES string of the molecule is O=C(C1OCCc2ccccc21)N(CCCO)Cc1cccc(Cl)c1. The van der Waals surface area contributed by atoms with Crippen LogP contribution in [0.2, 0.25) is 5.02 Å². The van der Waals surface area contributed by atoms with Crippen LogP contribution in [0.15, 0.2) is 48.5 Å². The number of hydrogen-bond acceptors (Lipinski definition) is 3. The number of ether oxygens (including phenoxy) is 1. The van der Waals surface area contributed by atoms with E-state index in [9.17, 15) is 9.90 Å². The van der Waals surface area contributed by atoms with Crippen LogP contribution >= 0.6 is 11.6 Å². The zero-order chi connectivity index (χ0) is 17.6. The van der Waals surface area contributed by atoms with Crippen LogP contribution in [0.1, 0.15) is 29.2 Å². The van der Waals surface area contributed by atoms with Crippen molar-refractivity contribution in [3.05, 3.63) is 70.2 Å². The molecule has 0 bridgehead atoms. The van der Waals surface area contributed by atoms with Gasteiger partial charge in [0.2, 0.25) is 0 Å². The number of rotatable bonds is 6. The van der Waals surface area contributed by atoms with E-state index >= 15 is 0 Å². The van der Waals surface area contributed by atoms with Gasteiger partial charge in [0.15, 0.2) is 6.10 Å². The summed E-state index contributed by atoms with van der Waals surface area (Å²) < 4.78 is 5.81. The molecule has 1 atom stereocenters. The minimum atomic E-state index is -0.581. The van der Waals surface area contributed by atoms with Crippen molar-refractivity contribution in [3.63, 3.8) is 0 Å². The molecule has 4 nitrogen and oxygen atoms in total. The van der Waals surface area contributed by atoms with Gasteiger partial charge in [-0.05, 0) is 41.7 Å². The predicted molar refractivity (Wildman–Crippen MR) is 97.4 cm³/mol. The number of fused-ring (bicyclic) bond motifs is 1. The number of nitrogens with zero attached hydrogens (tertiary/aromatic N) is 1. The van der Waals surface area contributed by atoms with Gasteiger partial charge < -0.3 is 14.7 Å². The quantitative estimate of drug-likeness (QED) is 0.860. The molecule has 1 aliphatic heterocycles. The number of carbonyl (C=O) groups excluding carboxylic acids is 1. The Kier molecular flexibility index (Phi) is 6.08. The Balaban J connectivity index is 1.82. The molecular weight excluding hydrogens is 338 g/mol. The third-order valence-corrected chi connectivity index (χ3v) is 4.61. The highest BCUT2D eigenvalue weighted by molar-refractivity contribution is 6.30. The van der Waals surface area contributed by atoms with E-state index in [4.69, 9.17) is 16.3 Å². The molecular formula is C20H22ClNO3. The summed E-state index contributed by atoms with van der Waals surface area (Å²) in [4.78, 5) is 14.9. The number of carbonyl (C=O) groups is 1. The first-order chi connectivity index (χ1) is 12.2. The highest BCUT2D eigenvalue weighted by atomic mass is 35.5. The standard InChI is InChI=1S/C20H22ClNO3/c21-17-7-3-5-15(13-17)14-22(10-4-11-23)20(24)19-18-8-2-1-6-16(18)9-12-25-19/h1-3,5-8,13,19,23H,4,9-12,14H2. The molecule has 5 heteroatoms. The van der Waals surface area contributed by atoms with Gasteiger partial charge in [-0.3, -0.25) is 4.79 Å². The number of aliphatic hydroxyl groups excluding tert-OH is 1. The van der Waals surface area contributed by atoms with E-state index in [1.165, 1.54) is 0 Å². The molecule has 0 fully saturated rings. The maximum absolute atomic E-state index is 13.1. The molecule has 2 aromatic carbocycles. The lowest BCUT2D eigenvalue weighted by molar-refractivity contribution is -0.146. The Hall–Kier alpha value is -1.88. The second-order valence-corrected chi connectivity index (χ2v) is 6.60. The summed E-state index contributed by atoms with van der Waals surface area (Å²) in [6.45, 7) is 1.51. The van der Waals surface area contributed by atoms with Crippen molar-refractivity contribution < 1.29 is 14.6 Å². The lowest BCUT2D eigenvalue weighted by Gasteiger charge is -2.31. The van der Waals surface area contributed by atoms with Gasteiger partial charge in [0.1, 0.15) is 0 Å². The van der Waals surface area contributed by atoms with Crippen molar-refractivity contribution in [2.75, 3.05) is 19.8 Å². The molecule has 1 N–H and O–H groups in total. The molecule has 0 aliphatic carbocycles. The van der Waals surface area contributed by atoms with Crippen LogP contribution in [0.25, 0.3) is 0 Å². The lowest BCUT2D eigenvalue weighted by Crippen LogP contribution is -2.38. The van der Waals surface area contributed by atoms with Crippen LogP contribution in [-0.4, -0.2) is 35.7 Å². The third kappa shape index (κ3) is 4.40. The Morgan fingerprint density at radius 2 is 2.08 bits per heavy atom. The number of halogens is 1. The summed E-state index contributed by atoms with van der Waals surface area (Å²) in [6, 6.07) is 15.4. The molecule has 0 spiro atoms. The van der Waals surface area contributed by atoms with E-state index in [-0.39, 0.29) is 12.5 Å². The molecule has 0 radical (unpaired) electrons. The number of aliphatic hydroxyl groups is 1. The summed E-state index contributed by atoms with van der Waals surface area (Å²) in [5.74, 6) is -0.0689. The van der Waals surface area contributed by atoms with Crippen molar-refractivity contribution >= 4 is 17.5 Å². The average Bonchev–Trinajstić information content (AvgIpc) is 2.64. The Labute approximate surface area is 153 Å². The Bertz CT molecular complexity index is 734. The molecule has 1 unspecified atom stereocenters. The fraction of sp³-hybridized carbons (Fsp3) is 0.350. The highest BCUT2D eigenvalue weighted by Crippen LogP contribution is 2.29. The number of amides is 1. The Morgan fingerprint density at radius 1 is 1.24 bits per heavy atom. The maximum atomic E-state index is 13.1. The topological polar surface area (TPSA) is 49.8 Å². The Morgan fingerprint density at radius 3 is 2.88 bits per heavy atom. The van der Waals surface area contributed by atoms with Crippen molar-refractivity contribution in [1.82, 2.24) is 4.90 Å². The van der Waals surface area contributed by atoms with Crippen molar-refractivity contribution in [2.45, 2.75) is 25.5 Å². The molecule has 0 saturated heterocycles. The third-order valence-electron chi connectivity index (χ3n) is 4.38. The predicted octanol–water partition coefficient (Wildman–Crippen LogP) is 3.37. The largest absolute Gasteiger partial charge is 0.396 e. The number of benzene rings is 2. The molecule has 25 heavy (non-hydrogen) atoms.